The van der Waals surface area contributed by atoms with Crippen LogP contribution in [-0.2, 0) is 16.0 Å². The standard InChI is InChI=1S/C11H19N5O5/c1-20-7-8(21-2)5-13-11(19)12-3-4-16-6-9(10(17)18)14-15-16/h6,8H,3-5,7H2,1-2H3,(H,17,18)(H2,12,13,19). The van der Waals surface area contributed by atoms with E-state index in [-0.39, 0.29) is 24.4 Å². The Morgan fingerprint density at radius 2 is 2.19 bits per heavy atom. The number of carbonyl (C=O) groups excluding carboxylic acids is 1. The van der Waals surface area contributed by atoms with Crippen LogP contribution in [0.15, 0.2) is 6.20 Å². The molecular weight excluding hydrogens is 282 g/mol. The fourth-order valence-corrected chi connectivity index (χ4v) is 1.45. The van der Waals surface area contributed by atoms with Crippen molar-refractivity contribution in [3.8, 4) is 0 Å². The van der Waals surface area contributed by atoms with E-state index in [2.05, 4.69) is 20.9 Å². The molecule has 0 aliphatic carbocycles. The lowest BCUT2D eigenvalue weighted by Crippen LogP contribution is -2.42. The maximum absolute atomic E-state index is 11.5. The zero-order chi connectivity index (χ0) is 15.7. The zero-order valence-electron chi connectivity index (χ0n) is 11.9. The molecule has 0 bridgehead atoms. The van der Waals surface area contributed by atoms with Gasteiger partial charge in [-0.25, -0.2) is 14.3 Å². The molecule has 0 saturated carbocycles. The first-order valence-corrected chi connectivity index (χ1v) is 6.23. The van der Waals surface area contributed by atoms with Gasteiger partial charge < -0.3 is 25.2 Å². The number of nitrogens with zero attached hydrogens (tertiary/aromatic N) is 3. The number of aromatic carboxylic acids is 1. The molecule has 0 spiro atoms. The number of rotatable bonds is 9. The van der Waals surface area contributed by atoms with Crippen LogP contribution in [0, 0.1) is 0 Å². The molecule has 0 radical (unpaired) electrons. The largest absolute Gasteiger partial charge is 0.476 e. The molecule has 0 saturated heterocycles. The minimum atomic E-state index is -1.14. The Hall–Kier alpha value is -2.20. The van der Waals surface area contributed by atoms with E-state index in [4.69, 9.17) is 14.6 Å². The summed E-state index contributed by atoms with van der Waals surface area (Å²) >= 11 is 0. The van der Waals surface area contributed by atoms with Crippen molar-refractivity contribution in [2.75, 3.05) is 33.9 Å². The van der Waals surface area contributed by atoms with Gasteiger partial charge in [0, 0.05) is 27.3 Å². The summed E-state index contributed by atoms with van der Waals surface area (Å²) in [6.45, 7) is 1.31. The zero-order valence-corrected chi connectivity index (χ0v) is 11.9. The monoisotopic (exact) mass is 301 g/mol. The molecule has 10 heteroatoms. The third kappa shape index (κ3) is 6.19. The number of carboxylic acids is 1. The van der Waals surface area contributed by atoms with Crippen molar-refractivity contribution >= 4 is 12.0 Å². The molecule has 118 valence electrons. The Morgan fingerprint density at radius 3 is 2.76 bits per heavy atom. The maximum atomic E-state index is 11.5. The third-order valence-electron chi connectivity index (χ3n) is 2.56. The Labute approximate surface area is 121 Å². The Bertz CT molecular complexity index is 464. The van der Waals surface area contributed by atoms with Crippen LogP contribution in [0.3, 0.4) is 0 Å². The van der Waals surface area contributed by atoms with Crippen LogP contribution < -0.4 is 10.6 Å². The molecule has 3 N–H and O–H groups in total. The van der Waals surface area contributed by atoms with Gasteiger partial charge in [0.25, 0.3) is 0 Å². The van der Waals surface area contributed by atoms with E-state index in [9.17, 15) is 9.59 Å². The maximum Gasteiger partial charge on any atom is 0.358 e. The summed E-state index contributed by atoms with van der Waals surface area (Å²) in [6, 6.07) is -0.355. The highest BCUT2D eigenvalue weighted by Gasteiger charge is 2.10. The van der Waals surface area contributed by atoms with Crippen molar-refractivity contribution in [2.45, 2.75) is 12.6 Å². The minimum absolute atomic E-state index is 0.137. The molecule has 1 heterocycles. The van der Waals surface area contributed by atoms with E-state index in [0.29, 0.717) is 19.7 Å². The summed E-state index contributed by atoms with van der Waals surface area (Å²) in [7, 11) is 3.09. The first-order chi connectivity index (χ1) is 10.1. The van der Waals surface area contributed by atoms with Gasteiger partial charge >= 0.3 is 12.0 Å². The van der Waals surface area contributed by atoms with E-state index in [0.717, 1.165) is 0 Å². The number of hydrogen-bond donors (Lipinski definition) is 3. The molecule has 0 fully saturated rings. The summed E-state index contributed by atoms with van der Waals surface area (Å²) in [5, 5.41) is 21.0. The van der Waals surface area contributed by atoms with Gasteiger partial charge in [0.2, 0.25) is 0 Å². The highest BCUT2D eigenvalue weighted by Crippen LogP contribution is 1.92. The second-order valence-electron chi connectivity index (χ2n) is 4.12. The summed E-state index contributed by atoms with van der Waals surface area (Å²) in [4.78, 5) is 22.1. The van der Waals surface area contributed by atoms with E-state index in [1.807, 2.05) is 0 Å². The summed E-state index contributed by atoms with van der Waals surface area (Å²) in [5.41, 5.74) is -0.137. The molecule has 1 atom stereocenters. The number of nitrogens with one attached hydrogen (secondary N) is 2. The van der Waals surface area contributed by atoms with Crippen molar-refractivity contribution in [1.82, 2.24) is 25.6 Å². The lowest BCUT2D eigenvalue weighted by atomic mass is 10.4. The number of amides is 2. The van der Waals surface area contributed by atoms with Gasteiger partial charge in [-0.2, -0.15) is 0 Å². The summed E-state index contributed by atoms with van der Waals surface area (Å²) in [6.07, 6.45) is 1.08. The van der Waals surface area contributed by atoms with Crippen LogP contribution in [0.25, 0.3) is 0 Å². The number of carbonyl (C=O) groups is 2. The fourth-order valence-electron chi connectivity index (χ4n) is 1.45. The molecule has 0 aromatic carbocycles. The number of ether oxygens (including phenoxy) is 2. The van der Waals surface area contributed by atoms with Crippen LogP contribution >= 0.6 is 0 Å². The van der Waals surface area contributed by atoms with Gasteiger partial charge in [0.15, 0.2) is 5.69 Å². The van der Waals surface area contributed by atoms with E-state index >= 15 is 0 Å². The second kappa shape index (κ2) is 8.87. The van der Waals surface area contributed by atoms with E-state index in [1.54, 1.807) is 7.11 Å². The molecule has 1 unspecified atom stereocenters. The summed E-state index contributed by atoms with van der Waals surface area (Å²) in [5.74, 6) is -1.14. The molecular formula is C11H19N5O5. The number of methoxy groups -OCH3 is 2. The minimum Gasteiger partial charge on any atom is -0.476 e. The van der Waals surface area contributed by atoms with Gasteiger partial charge in [-0.1, -0.05) is 5.21 Å². The van der Waals surface area contributed by atoms with E-state index < -0.39 is 5.97 Å². The Balaban J connectivity index is 2.22. The van der Waals surface area contributed by atoms with Crippen LogP contribution in [0.4, 0.5) is 4.79 Å². The third-order valence-corrected chi connectivity index (χ3v) is 2.56. The molecule has 1 aromatic heterocycles. The van der Waals surface area contributed by atoms with Crippen LogP contribution in [0.1, 0.15) is 10.5 Å². The molecule has 10 nitrogen and oxygen atoms in total. The Kier molecular flexibility index (Phi) is 7.12. The lowest BCUT2D eigenvalue weighted by Gasteiger charge is -2.15. The van der Waals surface area contributed by atoms with Crippen LogP contribution in [-0.4, -0.2) is 72.1 Å². The first kappa shape index (κ1) is 16.9. The fraction of sp³-hybridized carbons (Fsp3) is 0.636. The van der Waals surface area contributed by atoms with Gasteiger partial charge in [0.05, 0.1) is 25.5 Å². The van der Waals surface area contributed by atoms with Crippen molar-refractivity contribution in [3.63, 3.8) is 0 Å². The second-order valence-corrected chi connectivity index (χ2v) is 4.12. The average Bonchev–Trinajstić information content (AvgIpc) is 2.92. The number of hydrogen-bond acceptors (Lipinski definition) is 6. The summed E-state index contributed by atoms with van der Waals surface area (Å²) < 4.78 is 11.4. The highest BCUT2D eigenvalue weighted by atomic mass is 16.5. The van der Waals surface area contributed by atoms with Gasteiger partial charge in [0.1, 0.15) is 0 Å². The predicted octanol–water partition coefficient (Wildman–Crippen LogP) is -1.06. The topological polar surface area (TPSA) is 128 Å². The highest BCUT2D eigenvalue weighted by molar-refractivity contribution is 5.84. The van der Waals surface area contributed by atoms with Crippen LogP contribution in [0.2, 0.25) is 0 Å². The van der Waals surface area contributed by atoms with Crippen molar-refractivity contribution in [3.05, 3.63) is 11.9 Å². The average molecular weight is 301 g/mol. The number of urea groups is 1. The van der Waals surface area contributed by atoms with Crippen molar-refractivity contribution < 1.29 is 24.2 Å². The van der Waals surface area contributed by atoms with Crippen LogP contribution in [0.5, 0.6) is 0 Å². The lowest BCUT2D eigenvalue weighted by molar-refractivity contribution is 0.0304. The smallest absolute Gasteiger partial charge is 0.358 e. The molecule has 1 aromatic rings. The molecule has 0 aliphatic rings. The van der Waals surface area contributed by atoms with Crippen molar-refractivity contribution in [2.24, 2.45) is 0 Å². The SMILES string of the molecule is COCC(CNC(=O)NCCn1cc(C(=O)O)nn1)OC. The molecule has 1 rings (SSSR count). The van der Waals surface area contributed by atoms with E-state index in [1.165, 1.54) is 18.0 Å². The normalized spacial score (nSPS) is 11.9. The van der Waals surface area contributed by atoms with Gasteiger partial charge in [-0.3, -0.25) is 0 Å². The Morgan fingerprint density at radius 1 is 1.43 bits per heavy atom. The van der Waals surface area contributed by atoms with Gasteiger partial charge in [-0.15, -0.1) is 5.10 Å². The predicted molar refractivity (Wildman–Crippen MR) is 71.1 cm³/mol. The quantitative estimate of drug-likeness (QED) is 0.530. The molecule has 0 aliphatic heterocycles. The number of carboxylic acid groups (broad SMARTS) is 1. The number of aromatic nitrogens is 3. The van der Waals surface area contributed by atoms with Crippen molar-refractivity contribution in [1.29, 1.82) is 0 Å². The molecule has 2 amide bonds. The van der Waals surface area contributed by atoms with Gasteiger partial charge in [-0.05, 0) is 0 Å². The molecule has 21 heavy (non-hydrogen) atoms. The first-order valence-electron chi connectivity index (χ1n) is 6.23.